The van der Waals surface area contributed by atoms with E-state index in [0.717, 1.165) is 0 Å². The smallest absolute Gasteiger partial charge is 0.408 e. The van der Waals surface area contributed by atoms with E-state index in [1.807, 2.05) is 0 Å². The summed E-state index contributed by atoms with van der Waals surface area (Å²) in [4.78, 5) is 22.4. The van der Waals surface area contributed by atoms with Crippen molar-refractivity contribution in [2.45, 2.75) is 13.5 Å². The number of aromatic nitrogens is 2. The Bertz CT molecular complexity index is 1140. The molecule has 3 rings (SSSR count). The van der Waals surface area contributed by atoms with Gasteiger partial charge in [0, 0.05) is 0 Å². The Morgan fingerprint density at radius 2 is 2.23 bits per heavy atom. The van der Waals surface area contributed by atoms with Crippen LogP contribution in [0.4, 0.5) is 5.82 Å². The maximum absolute atomic E-state index is 12.2. The van der Waals surface area contributed by atoms with Crippen molar-refractivity contribution >= 4 is 29.5 Å². The average Bonchev–Trinajstić information content (AvgIpc) is 3.29. The number of ether oxygens (including phenoxy) is 1. The molecule has 0 saturated heterocycles. The average molecular weight is 434 g/mol. The highest BCUT2D eigenvalue weighted by atomic mass is 35.5. The fraction of sp³-hybridized carbons (Fsp3) is 0.167. The predicted molar refractivity (Wildman–Crippen MR) is 106 cm³/mol. The topological polar surface area (TPSA) is 145 Å². The van der Waals surface area contributed by atoms with Crippen LogP contribution in [-0.2, 0) is 6.54 Å². The number of carbonyl (C=O) groups is 1. The van der Waals surface area contributed by atoms with Crippen molar-refractivity contribution in [2.75, 3.05) is 7.11 Å². The molecule has 0 unspecified atom stereocenters. The third kappa shape index (κ3) is 4.41. The van der Waals surface area contributed by atoms with E-state index in [4.69, 9.17) is 20.8 Å². The van der Waals surface area contributed by atoms with E-state index in [1.54, 1.807) is 25.1 Å². The summed E-state index contributed by atoms with van der Waals surface area (Å²) in [6, 6.07) is 7.57. The first-order chi connectivity index (χ1) is 14.3. The lowest BCUT2D eigenvalue weighted by atomic mass is 10.2. The summed E-state index contributed by atoms with van der Waals surface area (Å²) in [5.41, 5.74) is 3.31. The predicted octanol–water partition coefficient (Wildman–Crippen LogP) is 2.87. The van der Waals surface area contributed by atoms with Gasteiger partial charge in [0.2, 0.25) is 0 Å². The molecule has 0 aliphatic carbocycles. The molecule has 1 amide bonds. The fourth-order valence-corrected chi connectivity index (χ4v) is 2.71. The number of rotatable bonds is 7. The van der Waals surface area contributed by atoms with Crippen LogP contribution in [0, 0.1) is 17.0 Å². The highest BCUT2D eigenvalue weighted by Gasteiger charge is 2.24. The molecule has 2 aromatic heterocycles. The Morgan fingerprint density at radius 1 is 1.47 bits per heavy atom. The van der Waals surface area contributed by atoms with Crippen molar-refractivity contribution in [3.05, 3.63) is 68.2 Å². The number of nitrogens with zero attached hydrogens (tertiary/aromatic N) is 4. The summed E-state index contributed by atoms with van der Waals surface area (Å²) in [5, 5.41) is 28.1. The van der Waals surface area contributed by atoms with E-state index in [-0.39, 0.29) is 28.8 Å². The SMILES string of the molecule is COc1cc(/C=N\NC(=O)c2ccc(Cn3nc([N+](=O)[O-])c(Cl)c3C)o2)ccc1O. The quantitative estimate of drug-likeness (QED) is 0.331. The van der Waals surface area contributed by atoms with Crippen LogP contribution in [0.5, 0.6) is 11.5 Å². The molecule has 12 heteroatoms. The standard InChI is InChI=1S/C18H16ClN5O6/c1-10-16(19)17(24(27)28)22-23(10)9-12-4-6-14(30-12)18(26)21-20-8-11-3-5-13(25)15(7-11)29-2/h3-8,25H,9H2,1-2H3,(H,21,26)/b20-8-. The monoisotopic (exact) mass is 433 g/mol. The Labute approximate surface area is 174 Å². The molecule has 0 saturated carbocycles. The summed E-state index contributed by atoms with van der Waals surface area (Å²) in [6.45, 7) is 1.65. The summed E-state index contributed by atoms with van der Waals surface area (Å²) in [6.07, 6.45) is 1.37. The van der Waals surface area contributed by atoms with Gasteiger partial charge in [0.1, 0.15) is 12.3 Å². The first kappa shape index (κ1) is 20.9. The molecule has 0 atom stereocenters. The Kier molecular flexibility index (Phi) is 6.02. The van der Waals surface area contributed by atoms with E-state index in [1.165, 1.54) is 30.1 Å². The number of methoxy groups -OCH3 is 1. The van der Waals surface area contributed by atoms with Crippen molar-refractivity contribution in [1.29, 1.82) is 0 Å². The van der Waals surface area contributed by atoms with Gasteiger partial charge in [-0.25, -0.2) is 5.43 Å². The van der Waals surface area contributed by atoms with E-state index >= 15 is 0 Å². The van der Waals surface area contributed by atoms with Gasteiger partial charge in [-0.1, -0.05) is 11.6 Å². The molecule has 2 heterocycles. The molecule has 0 spiro atoms. The van der Waals surface area contributed by atoms with Gasteiger partial charge in [0.05, 0.1) is 24.1 Å². The molecule has 11 nitrogen and oxygen atoms in total. The van der Waals surface area contributed by atoms with Crippen molar-refractivity contribution in [3.8, 4) is 11.5 Å². The minimum atomic E-state index is -0.672. The number of halogens is 1. The highest BCUT2D eigenvalue weighted by Crippen LogP contribution is 2.27. The normalized spacial score (nSPS) is 11.0. The van der Waals surface area contributed by atoms with Crippen LogP contribution in [0.3, 0.4) is 0 Å². The molecule has 3 aromatic rings. The Morgan fingerprint density at radius 3 is 2.90 bits per heavy atom. The minimum Gasteiger partial charge on any atom is -0.504 e. The lowest BCUT2D eigenvalue weighted by molar-refractivity contribution is -0.389. The van der Waals surface area contributed by atoms with Crippen LogP contribution >= 0.6 is 11.6 Å². The van der Waals surface area contributed by atoms with Crippen LogP contribution in [0.15, 0.2) is 39.9 Å². The summed E-state index contributed by atoms with van der Waals surface area (Å²) in [5.74, 6) is -0.431. The van der Waals surface area contributed by atoms with Gasteiger partial charge in [0.25, 0.3) is 0 Å². The largest absolute Gasteiger partial charge is 0.504 e. The van der Waals surface area contributed by atoms with E-state index in [2.05, 4.69) is 15.6 Å². The second-order valence-electron chi connectivity index (χ2n) is 6.03. The molecule has 1 aromatic carbocycles. The third-order valence-electron chi connectivity index (χ3n) is 4.06. The fourth-order valence-electron chi connectivity index (χ4n) is 2.51. The number of hydrazone groups is 1. The molecule has 156 valence electrons. The van der Waals surface area contributed by atoms with E-state index in [0.29, 0.717) is 17.0 Å². The van der Waals surface area contributed by atoms with Gasteiger partial charge < -0.3 is 24.4 Å². The van der Waals surface area contributed by atoms with Gasteiger partial charge >= 0.3 is 11.7 Å². The van der Waals surface area contributed by atoms with Crippen LogP contribution in [0.1, 0.15) is 27.6 Å². The molecule has 30 heavy (non-hydrogen) atoms. The van der Waals surface area contributed by atoms with Crippen LogP contribution in [0.25, 0.3) is 0 Å². The molecule has 0 fully saturated rings. The zero-order valence-electron chi connectivity index (χ0n) is 15.8. The number of nitro groups is 1. The molecule has 0 bridgehead atoms. The number of phenolic OH excluding ortho intramolecular Hbond substituents is 1. The van der Waals surface area contributed by atoms with Crippen molar-refractivity contribution in [3.63, 3.8) is 0 Å². The van der Waals surface area contributed by atoms with Crippen LogP contribution in [-0.4, -0.2) is 39.0 Å². The number of hydrogen-bond donors (Lipinski definition) is 2. The van der Waals surface area contributed by atoms with Gasteiger partial charge in [-0.2, -0.15) is 9.78 Å². The van der Waals surface area contributed by atoms with Gasteiger partial charge in [-0.05, 0) is 47.7 Å². The molecule has 2 N–H and O–H groups in total. The Balaban J connectivity index is 1.65. The highest BCUT2D eigenvalue weighted by molar-refractivity contribution is 6.33. The maximum Gasteiger partial charge on any atom is 0.408 e. The first-order valence-electron chi connectivity index (χ1n) is 8.46. The number of furan rings is 1. The van der Waals surface area contributed by atoms with Crippen LogP contribution < -0.4 is 10.2 Å². The number of benzene rings is 1. The van der Waals surface area contributed by atoms with Crippen LogP contribution in [0.2, 0.25) is 5.02 Å². The lowest BCUT2D eigenvalue weighted by Gasteiger charge is -2.03. The van der Waals surface area contributed by atoms with Gasteiger partial charge in [0.15, 0.2) is 22.3 Å². The third-order valence-corrected chi connectivity index (χ3v) is 4.51. The number of aromatic hydroxyl groups is 1. The van der Waals surface area contributed by atoms with E-state index in [9.17, 15) is 20.0 Å². The number of carbonyl (C=O) groups excluding carboxylic acids is 1. The molecular weight excluding hydrogens is 418 g/mol. The zero-order valence-corrected chi connectivity index (χ0v) is 16.6. The van der Waals surface area contributed by atoms with Crippen molar-refractivity contribution < 1.29 is 24.0 Å². The summed E-state index contributed by atoms with van der Waals surface area (Å²) >= 11 is 5.91. The lowest BCUT2D eigenvalue weighted by Crippen LogP contribution is -2.16. The van der Waals surface area contributed by atoms with Gasteiger partial charge in [-0.15, -0.1) is 0 Å². The number of amides is 1. The van der Waals surface area contributed by atoms with Crippen molar-refractivity contribution in [2.24, 2.45) is 5.10 Å². The van der Waals surface area contributed by atoms with E-state index < -0.39 is 16.6 Å². The molecule has 0 radical (unpaired) electrons. The second-order valence-corrected chi connectivity index (χ2v) is 6.41. The van der Waals surface area contributed by atoms with Crippen molar-refractivity contribution in [1.82, 2.24) is 15.2 Å². The van der Waals surface area contributed by atoms with Gasteiger partial charge in [-0.3, -0.25) is 4.79 Å². The molecular formula is C18H16ClN5O6. The molecule has 0 aliphatic rings. The number of hydrogen-bond acceptors (Lipinski definition) is 8. The first-order valence-corrected chi connectivity index (χ1v) is 8.84. The number of phenols is 1. The Hall–Kier alpha value is -3.86. The number of nitrogens with one attached hydrogen (secondary N) is 1. The molecule has 0 aliphatic heterocycles. The second kappa shape index (κ2) is 8.66. The summed E-state index contributed by atoms with van der Waals surface area (Å²) in [7, 11) is 1.42. The summed E-state index contributed by atoms with van der Waals surface area (Å²) < 4.78 is 11.8. The zero-order chi connectivity index (χ0) is 21.8. The maximum atomic E-state index is 12.2. The minimum absolute atomic E-state index is 0.00385.